The average Bonchev–Trinajstić information content (AvgIpc) is 3.00. The maximum absolute atomic E-state index is 13.7. The van der Waals surface area contributed by atoms with Gasteiger partial charge in [-0.25, -0.2) is 8.42 Å². The van der Waals surface area contributed by atoms with Crippen molar-refractivity contribution >= 4 is 21.6 Å². The number of sulfonamides is 1. The lowest BCUT2D eigenvalue weighted by Crippen LogP contribution is -2.42. The van der Waals surface area contributed by atoms with Crippen molar-refractivity contribution in [2.24, 2.45) is 0 Å². The van der Waals surface area contributed by atoms with Gasteiger partial charge in [-0.2, -0.15) is 0 Å². The first-order chi connectivity index (χ1) is 19.4. The van der Waals surface area contributed by atoms with Gasteiger partial charge in [0, 0.05) is 0 Å². The van der Waals surface area contributed by atoms with Gasteiger partial charge in [0.1, 0.15) is 18.0 Å². The number of hydrogen-bond acceptors (Lipinski definition) is 4. The molecule has 0 heterocycles. The number of carbonyl (C=O) groups excluding carboxylic acids is 1. The minimum Gasteiger partial charge on any atom is -0.457 e. The van der Waals surface area contributed by atoms with Crippen LogP contribution in [-0.2, 0) is 27.7 Å². The molecule has 0 saturated carbocycles. The van der Waals surface area contributed by atoms with E-state index >= 15 is 0 Å². The highest BCUT2D eigenvalue weighted by Crippen LogP contribution is 2.29. The molecule has 5 rings (SSSR count). The maximum atomic E-state index is 13.7. The Balaban J connectivity index is 1.38. The topological polar surface area (TPSA) is 75.7 Å². The summed E-state index contributed by atoms with van der Waals surface area (Å²) in [7, 11) is -4.01. The van der Waals surface area contributed by atoms with Crippen LogP contribution < -0.4 is 14.4 Å². The summed E-state index contributed by atoms with van der Waals surface area (Å²) in [5, 5.41) is 3.09. The zero-order valence-corrected chi connectivity index (χ0v) is 23.4. The van der Waals surface area contributed by atoms with Crippen LogP contribution in [0.5, 0.6) is 11.5 Å². The average molecular weight is 555 g/mol. The van der Waals surface area contributed by atoms with Gasteiger partial charge in [0.2, 0.25) is 5.91 Å². The van der Waals surface area contributed by atoms with Gasteiger partial charge in [-0.1, -0.05) is 61.5 Å². The monoisotopic (exact) mass is 554 g/mol. The molecule has 4 aromatic carbocycles. The Kier molecular flexibility index (Phi) is 8.51. The van der Waals surface area contributed by atoms with Crippen LogP contribution in [0.4, 0.5) is 5.69 Å². The van der Waals surface area contributed by atoms with Crippen LogP contribution in [0.25, 0.3) is 0 Å². The fourth-order valence-corrected chi connectivity index (χ4v) is 6.54. The van der Waals surface area contributed by atoms with Crippen molar-refractivity contribution in [2.75, 3.05) is 10.8 Å². The third kappa shape index (κ3) is 6.37. The molecule has 0 fully saturated rings. The van der Waals surface area contributed by atoms with Crippen molar-refractivity contribution in [1.82, 2.24) is 5.32 Å². The standard InChI is InChI=1S/C33H34N2O4S/c1-2-32(27-18-17-25-11-9-10-12-26(25)23-27)34-33(36)24-35(40(37,38)31-15-7-4-8-16-31)28-19-21-30(22-20-28)39-29-13-5-3-6-14-29/h3-8,13-23,32H,2,9-12,24H2,1H3,(H,34,36)/t32-/m1/s1. The normalized spacial score (nSPS) is 13.6. The van der Waals surface area contributed by atoms with E-state index < -0.39 is 10.0 Å². The van der Waals surface area contributed by atoms with E-state index in [-0.39, 0.29) is 23.4 Å². The van der Waals surface area contributed by atoms with E-state index in [2.05, 4.69) is 23.5 Å². The molecule has 1 atom stereocenters. The van der Waals surface area contributed by atoms with Gasteiger partial charge in [0.05, 0.1) is 16.6 Å². The molecule has 0 aliphatic heterocycles. The summed E-state index contributed by atoms with van der Waals surface area (Å²) in [6, 6.07) is 30.5. The Bertz CT molecular complexity index is 1540. The fraction of sp³-hybridized carbons (Fsp3) is 0.242. The molecule has 1 aliphatic rings. The number of rotatable bonds is 10. The van der Waals surface area contributed by atoms with Crippen LogP contribution in [-0.4, -0.2) is 20.9 Å². The van der Waals surface area contributed by atoms with Crippen molar-refractivity contribution in [3.05, 3.63) is 120 Å². The van der Waals surface area contributed by atoms with E-state index in [1.54, 1.807) is 42.5 Å². The number of para-hydroxylation sites is 1. The quantitative estimate of drug-likeness (QED) is 0.233. The molecule has 0 bridgehead atoms. The van der Waals surface area contributed by atoms with E-state index in [1.165, 1.54) is 36.1 Å². The Labute approximate surface area is 236 Å². The number of carbonyl (C=O) groups is 1. The summed E-state index contributed by atoms with van der Waals surface area (Å²) in [5.74, 6) is 0.875. The molecule has 0 radical (unpaired) electrons. The summed E-state index contributed by atoms with van der Waals surface area (Å²) in [4.78, 5) is 13.5. The van der Waals surface area contributed by atoms with E-state index in [9.17, 15) is 13.2 Å². The Morgan fingerprint density at radius 3 is 2.12 bits per heavy atom. The number of benzene rings is 4. The molecule has 1 aliphatic carbocycles. The lowest BCUT2D eigenvalue weighted by atomic mass is 9.89. The summed E-state index contributed by atoms with van der Waals surface area (Å²) >= 11 is 0. The lowest BCUT2D eigenvalue weighted by Gasteiger charge is -2.26. The molecule has 4 aromatic rings. The molecule has 6 nitrogen and oxygen atoms in total. The highest BCUT2D eigenvalue weighted by Gasteiger charge is 2.28. The Morgan fingerprint density at radius 1 is 0.825 bits per heavy atom. The van der Waals surface area contributed by atoms with E-state index in [0.29, 0.717) is 23.6 Å². The molecule has 1 N–H and O–H groups in total. The lowest BCUT2D eigenvalue weighted by molar-refractivity contribution is -0.120. The van der Waals surface area contributed by atoms with Crippen LogP contribution in [0, 0.1) is 0 Å². The van der Waals surface area contributed by atoms with Crippen LogP contribution >= 0.6 is 0 Å². The van der Waals surface area contributed by atoms with Crippen LogP contribution in [0.15, 0.2) is 108 Å². The fourth-order valence-electron chi connectivity index (χ4n) is 5.10. The van der Waals surface area contributed by atoms with Gasteiger partial charge in [0.25, 0.3) is 10.0 Å². The summed E-state index contributed by atoms with van der Waals surface area (Å²) in [6.45, 7) is 1.67. The van der Waals surface area contributed by atoms with Gasteiger partial charge in [-0.15, -0.1) is 0 Å². The second-order valence-electron chi connectivity index (χ2n) is 10.00. The number of ether oxygens (including phenoxy) is 1. The number of hydrogen-bond donors (Lipinski definition) is 1. The molecule has 0 saturated heterocycles. The number of fused-ring (bicyclic) bond motifs is 1. The van der Waals surface area contributed by atoms with Gasteiger partial charge in [-0.3, -0.25) is 9.10 Å². The number of aryl methyl sites for hydroxylation is 2. The van der Waals surface area contributed by atoms with Crippen molar-refractivity contribution in [2.45, 2.75) is 50.0 Å². The third-order valence-corrected chi connectivity index (χ3v) is 9.03. The number of anilines is 1. The first-order valence-corrected chi connectivity index (χ1v) is 15.2. The summed E-state index contributed by atoms with van der Waals surface area (Å²) < 4.78 is 34.5. The number of nitrogens with zero attached hydrogens (tertiary/aromatic N) is 1. The second-order valence-corrected chi connectivity index (χ2v) is 11.9. The molecule has 206 valence electrons. The van der Waals surface area contributed by atoms with Gasteiger partial charge < -0.3 is 10.1 Å². The molecular formula is C33H34N2O4S. The Hall–Kier alpha value is -4.10. The summed E-state index contributed by atoms with van der Waals surface area (Å²) in [6.07, 6.45) is 5.24. The highest BCUT2D eigenvalue weighted by atomic mass is 32.2. The van der Waals surface area contributed by atoms with E-state index in [4.69, 9.17) is 4.74 Å². The zero-order chi connectivity index (χ0) is 28.0. The molecule has 1 amide bonds. The summed E-state index contributed by atoms with van der Waals surface area (Å²) in [5.41, 5.74) is 4.16. The number of amides is 1. The minimum atomic E-state index is -4.01. The van der Waals surface area contributed by atoms with Crippen molar-refractivity contribution in [1.29, 1.82) is 0 Å². The van der Waals surface area contributed by atoms with Gasteiger partial charge in [-0.05, 0) is 97.3 Å². The van der Waals surface area contributed by atoms with Gasteiger partial charge >= 0.3 is 0 Å². The second kappa shape index (κ2) is 12.4. The van der Waals surface area contributed by atoms with Crippen LogP contribution in [0.2, 0.25) is 0 Å². The van der Waals surface area contributed by atoms with Crippen LogP contribution in [0.3, 0.4) is 0 Å². The predicted octanol–water partition coefficient (Wildman–Crippen LogP) is 6.82. The first-order valence-electron chi connectivity index (χ1n) is 13.8. The zero-order valence-electron chi connectivity index (χ0n) is 22.6. The SMILES string of the molecule is CC[C@@H](NC(=O)CN(c1ccc(Oc2ccccc2)cc1)S(=O)(=O)c1ccccc1)c1ccc2c(c1)CCCC2. The van der Waals surface area contributed by atoms with Gasteiger partial charge in [0.15, 0.2) is 0 Å². The molecule has 7 heteroatoms. The minimum absolute atomic E-state index is 0.120. The molecular weight excluding hydrogens is 520 g/mol. The largest absolute Gasteiger partial charge is 0.457 e. The molecule has 40 heavy (non-hydrogen) atoms. The van der Waals surface area contributed by atoms with Crippen LogP contribution in [0.1, 0.15) is 48.9 Å². The molecule has 0 spiro atoms. The predicted molar refractivity (Wildman–Crippen MR) is 158 cm³/mol. The van der Waals surface area contributed by atoms with Crippen molar-refractivity contribution in [3.8, 4) is 11.5 Å². The molecule has 0 aromatic heterocycles. The van der Waals surface area contributed by atoms with Crippen molar-refractivity contribution < 1.29 is 17.9 Å². The maximum Gasteiger partial charge on any atom is 0.264 e. The first kappa shape index (κ1) is 27.5. The smallest absolute Gasteiger partial charge is 0.264 e. The van der Waals surface area contributed by atoms with E-state index in [1.807, 2.05) is 37.3 Å². The van der Waals surface area contributed by atoms with E-state index in [0.717, 1.165) is 22.7 Å². The third-order valence-electron chi connectivity index (χ3n) is 7.24. The highest BCUT2D eigenvalue weighted by molar-refractivity contribution is 7.92. The number of nitrogens with one attached hydrogen (secondary N) is 1. The van der Waals surface area contributed by atoms with Crippen molar-refractivity contribution in [3.63, 3.8) is 0 Å². The molecule has 0 unspecified atom stereocenters. The Morgan fingerprint density at radius 2 is 1.45 bits per heavy atom.